The summed E-state index contributed by atoms with van der Waals surface area (Å²) in [5, 5.41) is 3.02. The van der Waals surface area contributed by atoms with Gasteiger partial charge in [-0.15, -0.1) is 0 Å². The van der Waals surface area contributed by atoms with Gasteiger partial charge >= 0.3 is 0 Å². The van der Waals surface area contributed by atoms with Crippen LogP contribution in [0.25, 0.3) is 0 Å². The van der Waals surface area contributed by atoms with E-state index in [2.05, 4.69) is 17.7 Å². The van der Waals surface area contributed by atoms with E-state index in [0.717, 1.165) is 43.2 Å². The van der Waals surface area contributed by atoms with Crippen LogP contribution in [0.1, 0.15) is 76.8 Å². The van der Waals surface area contributed by atoms with Crippen molar-refractivity contribution in [1.82, 2.24) is 15.7 Å². The molecule has 224 valence electrons. The summed E-state index contributed by atoms with van der Waals surface area (Å²) in [5.41, 5.74) is 4.52. The van der Waals surface area contributed by atoms with Gasteiger partial charge in [0.2, 0.25) is 17.7 Å². The third kappa shape index (κ3) is 10.9. The molecule has 3 amide bonds. The van der Waals surface area contributed by atoms with Gasteiger partial charge in [0.1, 0.15) is 6.04 Å². The van der Waals surface area contributed by atoms with Gasteiger partial charge < -0.3 is 15.0 Å². The van der Waals surface area contributed by atoms with E-state index in [1.54, 1.807) is 0 Å². The highest BCUT2D eigenvalue weighted by Crippen LogP contribution is 2.22. The lowest BCUT2D eigenvalue weighted by molar-refractivity contribution is -0.142. The van der Waals surface area contributed by atoms with Gasteiger partial charge in [0.15, 0.2) is 0 Å². The van der Waals surface area contributed by atoms with Crippen LogP contribution in [0.3, 0.4) is 0 Å². The summed E-state index contributed by atoms with van der Waals surface area (Å²) in [6.07, 6.45) is 5.18. The third-order valence-electron chi connectivity index (χ3n) is 7.54. The first-order chi connectivity index (χ1) is 19.9. The number of unbranched alkanes of at least 4 members (excludes halogenated alkanes) is 2. The number of nitrogens with zero attached hydrogens (tertiary/aromatic N) is 1. The SMILES string of the molecule is CCCCC[C@H](CC(=O)NOCc1ccccc1)C(=O)N[C@H](C(=O)N1CCC[C@H]1COCc1ccccc1)C(C)C. The number of rotatable bonds is 17. The van der Waals surface area contributed by atoms with Crippen molar-refractivity contribution in [3.05, 3.63) is 71.8 Å². The van der Waals surface area contributed by atoms with E-state index in [-0.39, 0.29) is 42.7 Å². The van der Waals surface area contributed by atoms with Gasteiger partial charge in [0.05, 0.1) is 25.9 Å². The Morgan fingerprint density at radius 2 is 1.61 bits per heavy atom. The van der Waals surface area contributed by atoms with Crippen molar-refractivity contribution in [3.63, 3.8) is 0 Å². The van der Waals surface area contributed by atoms with Gasteiger partial charge in [-0.25, -0.2) is 5.48 Å². The molecule has 1 fully saturated rings. The van der Waals surface area contributed by atoms with Crippen molar-refractivity contribution in [1.29, 1.82) is 0 Å². The van der Waals surface area contributed by atoms with Crippen LogP contribution >= 0.6 is 0 Å². The zero-order chi connectivity index (χ0) is 29.5. The van der Waals surface area contributed by atoms with Gasteiger partial charge in [-0.2, -0.15) is 0 Å². The van der Waals surface area contributed by atoms with Crippen LogP contribution in [0.5, 0.6) is 0 Å². The number of ether oxygens (including phenoxy) is 1. The highest BCUT2D eigenvalue weighted by atomic mass is 16.6. The van der Waals surface area contributed by atoms with Gasteiger partial charge in [-0.05, 0) is 36.3 Å². The highest BCUT2D eigenvalue weighted by molar-refractivity contribution is 5.91. The van der Waals surface area contributed by atoms with Gasteiger partial charge in [-0.1, -0.05) is 101 Å². The smallest absolute Gasteiger partial charge is 0.245 e. The Kier molecular flexibility index (Phi) is 13.8. The first-order valence-electron chi connectivity index (χ1n) is 15.1. The molecule has 0 spiro atoms. The largest absolute Gasteiger partial charge is 0.375 e. The third-order valence-corrected chi connectivity index (χ3v) is 7.54. The molecule has 3 rings (SSSR count). The average Bonchev–Trinajstić information content (AvgIpc) is 3.44. The Hall–Kier alpha value is -3.23. The molecule has 1 aliphatic rings. The number of hydrogen-bond donors (Lipinski definition) is 2. The minimum atomic E-state index is -0.664. The quantitative estimate of drug-likeness (QED) is 0.204. The molecule has 1 saturated heterocycles. The number of benzene rings is 2. The first kappa shape index (κ1) is 32.3. The summed E-state index contributed by atoms with van der Waals surface area (Å²) in [5.74, 6) is -1.33. The van der Waals surface area contributed by atoms with Crippen LogP contribution in [0.4, 0.5) is 0 Å². The van der Waals surface area contributed by atoms with Crippen LogP contribution in [0.2, 0.25) is 0 Å². The first-order valence-corrected chi connectivity index (χ1v) is 15.1. The summed E-state index contributed by atoms with van der Waals surface area (Å²) in [6.45, 7) is 7.84. The van der Waals surface area contributed by atoms with Crippen molar-refractivity contribution < 1.29 is 24.0 Å². The zero-order valence-electron chi connectivity index (χ0n) is 24.8. The minimum absolute atomic E-state index is 0.00298. The lowest BCUT2D eigenvalue weighted by Gasteiger charge is -2.32. The van der Waals surface area contributed by atoms with E-state index in [0.29, 0.717) is 26.2 Å². The fraction of sp³-hybridized carbons (Fsp3) is 0.545. The number of hydrogen-bond acceptors (Lipinski definition) is 5. The lowest BCUT2D eigenvalue weighted by Crippen LogP contribution is -2.54. The summed E-state index contributed by atoms with van der Waals surface area (Å²) < 4.78 is 5.97. The maximum Gasteiger partial charge on any atom is 0.245 e. The van der Waals surface area contributed by atoms with E-state index < -0.39 is 12.0 Å². The summed E-state index contributed by atoms with van der Waals surface area (Å²) in [7, 11) is 0. The molecule has 1 aliphatic heterocycles. The molecule has 41 heavy (non-hydrogen) atoms. The van der Waals surface area contributed by atoms with Crippen molar-refractivity contribution in [3.8, 4) is 0 Å². The van der Waals surface area contributed by atoms with E-state index in [1.165, 1.54) is 0 Å². The molecule has 0 radical (unpaired) electrons. The number of amides is 3. The molecule has 2 N–H and O–H groups in total. The number of carbonyl (C=O) groups excluding carboxylic acids is 3. The second kappa shape index (κ2) is 17.6. The molecule has 2 aromatic rings. The highest BCUT2D eigenvalue weighted by Gasteiger charge is 2.36. The Morgan fingerprint density at radius 3 is 2.24 bits per heavy atom. The Balaban J connectivity index is 1.56. The average molecular weight is 566 g/mol. The molecule has 8 heteroatoms. The molecule has 0 bridgehead atoms. The van der Waals surface area contributed by atoms with Gasteiger partial charge in [0, 0.05) is 18.9 Å². The minimum Gasteiger partial charge on any atom is -0.375 e. The van der Waals surface area contributed by atoms with Gasteiger partial charge in [-0.3, -0.25) is 19.2 Å². The van der Waals surface area contributed by atoms with E-state index in [9.17, 15) is 14.4 Å². The van der Waals surface area contributed by atoms with Crippen LogP contribution in [-0.2, 0) is 37.2 Å². The fourth-order valence-electron chi connectivity index (χ4n) is 5.16. The number of likely N-dealkylation sites (tertiary alicyclic amines) is 1. The van der Waals surface area contributed by atoms with Crippen LogP contribution in [0, 0.1) is 11.8 Å². The van der Waals surface area contributed by atoms with Crippen molar-refractivity contribution in [2.75, 3.05) is 13.2 Å². The Labute approximate surface area is 245 Å². The topological polar surface area (TPSA) is 97.0 Å². The normalized spacial score (nSPS) is 16.4. The number of nitrogens with one attached hydrogen (secondary N) is 2. The molecular formula is C33H47N3O5. The van der Waals surface area contributed by atoms with Crippen LogP contribution < -0.4 is 10.8 Å². The molecule has 3 atom stereocenters. The molecule has 0 unspecified atom stereocenters. The molecule has 1 heterocycles. The second-order valence-electron chi connectivity index (χ2n) is 11.3. The Bertz CT molecular complexity index is 1060. The summed E-state index contributed by atoms with van der Waals surface area (Å²) in [6, 6.07) is 18.9. The number of carbonyl (C=O) groups is 3. The zero-order valence-corrected chi connectivity index (χ0v) is 24.8. The van der Waals surface area contributed by atoms with Crippen molar-refractivity contribution >= 4 is 17.7 Å². The van der Waals surface area contributed by atoms with E-state index in [4.69, 9.17) is 9.57 Å². The molecule has 0 aliphatic carbocycles. The van der Waals surface area contributed by atoms with E-state index in [1.807, 2.05) is 79.4 Å². The fourth-order valence-corrected chi connectivity index (χ4v) is 5.16. The van der Waals surface area contributed by atoms with Crippen LogP contribution in [0.15, 0.2) is 60.7 Å². The monoisotopic (exact) mass is 565 g/mol. The maximum absolute atomic E-state index is 13.7. The Morgan fingerprint density at radius 1 is 0.951 bits per heavy atom. The maximum atomic E-state index is 13.7. The van der Waals surface area contributed by atoms with Gasteiger partial charge in [0.25, 0.3) is 0 Å². The van der Waals surface area contributed by atoms with Crippen molar-refractivity contribution in [2.45, 2.75) is 91.0 Å². The molecule has 2 aromatic carbocycles. The molecule has 0 aromatic heterocycles. The lowest BCUT2D eigenvalue weighted by atomic mass is 9.94. The molecular weight excluding hydrogens is 518 g/mol. The molecule has 8 nitrogen and oxygen atoms in total. The predicted molar refractivity (Wildman–Crippen MR) is 159 cm³/mol. The molecule has 0 saturated carbocycles. The summed E-state index contributed by atoms with van der Waals surface area (Å²) >= 11 is 0. The predicted octanol–water partition coefficient (Wildman–Crippen LogP) is 5.17. The number of hydroxylamine groups is 1. The standard InChI is InChI=1S/C33H47N3O5/c1-4-5-8-18-28(21-30(37)35-41-23-27-16-11-7-12-17-27)32(38)34-31(25(2)3)33(39)36-20-13-19-29(36)24-40-22-26-14-9-6-10-15-26/h6-7,9-12,14-17,25,28-29,31H,4-5,8,13,18-24H2,1-3H3,(H,34,38)(H,35,37)/t28-,29+,31+/m1/s1. The van der Waals surface area contributed by atoms with Crippen LogP contribution in [-0.4, -0.2) is 47.9 Å². The van der Waals surface area contributed by atoms with E-state index >= 15 is 0 Å². The summed E-state index contributed by atoms with van der Waals surface area (Å²) in [4.78, 5) is 47.1. The van der Waals surface area contributed by atoms with Crippen molar-refractivity contribution in [2.24, 2.45) is 11.8 Å². The second-order valence-corrected chi connectivity index (χ2v) is 11.3.